The van der Waals surface area contributed by atoms with Gasteiger partial charge < -0.3 is 10.6 Å². The van der Waals surface area contributed by atoms with E-state index in [1.165, 1.54) is 0 Å². The summed E-state index contributed by atoms with van der Waals surface area (Å²) in [6.07, 6.45) is 0. The highest BCUT2D eigenvalue weighted by atomic mass is 35.5. The molecule has 0 bridgehead atoms. The number of benzene rings is 1. The van der Waals surface area contributed by atoms with E-state index >= 15 is 0 Å². The summed E-state index contributed by atoms with van der Waals surface area (Å²) in [4.78, 5) is 14.3. The van der Waals surface area contributed by atoms with Crippen LogP contribution >= 0.6 is 11.6 Å². The van der Waals surface area contributed by atoms with Gasteiger partial charge in [0.25, 0.3) is 0 Å². The summed E-state index contributed by atoms with van der Waals surface area (Å²) in [5.41, 5.74) is 1.81. The average Bonchev–Trinajstić information content (AvgIpc) is 2.37. The minimum Gasteiger partial charge on any atom is -0.325 e. The Balaban J connectivity index is 1.95. The van der Waals surface area contributed by atoms with Gasteiger partial charge in [-0.05, 0) is 31.5 Å². The maximum Gasteiger partial charge on any atom is 0.238 e. The second-order valence-electron chi connectivity index (χ2n) is 5.03. The first-order valence-electron chi connectivity index (χ1n) is 6.57. The van der Waals surface area contributed by atoms with Crippen LogP contribution < -0.4 is 10.6 Å². The first kappa shape index (κ1) is 14.3. The Labute approximate surface area is 119 Å². The van der Waals surface area contributed by atoms with E-state index < -0.39 is 0 Å². The Bertz CT molecular complexity index is 464. The molecule has 0 unspecified atom stereocenters. The number of hydrogen-bond donors (Lipinski definition) is 2. The number of amides is 1. The van der Waals surface area contributed by atoms with Crippen LogP contribution in [0.1, 0.15) is 12.5 Å². The fourth-order valence-corrected chi connectivity index (χ4v) is 2.39. The predicted octanol–water partition coefficient (Wildman–Crippen LogP) is 1.88. The molecule has 1 aromatic carbocycles. The number of rotatable bonds is 3. The Morgan fingerprint density at radius 3 is 3.11 bits per heavy atom. The smallest absolute Gasteiger partial charge is 0.238 e. The van der Waals surface area contributed by atoms with E-state index in [0.717, 1.165) is 30.9 Å². The monoisotopic (exact) mass is 281 g/mol. The van der Waals surface area contributed by atoms with E-state index in [0.29, 0.717) is 17.6 Å². The van der Waals surface area contributed by atoms with Crippen molar-refractivity contribution in [2.45, 2.75) is 19.9 Å². The summed E-state index contributed by atoms with van der Waals surface area (Å²) < 4.78 is 0. The van der Waals surface area contributed by atoms with E-state index in [-0.39, 0.29) is 5.91 Å². The molecule has 1 heterocycles. The zero-order valence-corrected chi connectivity index (χ0v) is 12.1. The van der Waals surface area contributed by atoms with Crippen LogP contribution in [0.3, 0.4) is 0 Å². The van der Waals surface area contributed by atoms with Crippen molar-refractivity contribution < 1.29 is 4.79 Å². The highest BCUT2D eigenvalue weighted by Gasteiger charge is 2.20. The Morgan fingerprint density at radius 1 is 1.58 bits per heavy atom. The SMILES string of the molecule is Cc1ccc(Cl)cc1NC(=O)CN1CCNC[C@@H]1C. The average molecular weight is 282 g/mol. The molecule has 0 aliphatic carbocycles. The summed E-state index contributed by atoms with van der Waals surface area (Å²) in [5.74, 6) is 0.0131. The highest BCUT2D eigenvalue weighted by molar-refractivity contribution is 6.31. The minimum atomic E-state index is 0.0131. The van der Waals surface area contributed by atoms with E-state index in [2.05, 4.69) is 22.5 Å². The number of hydrogen-bond acceptors (Lipinski definition) is 3. The largest absolute Gasteiger partial charge is 0.325 e. The lowest BCUT2D eigenvalue weighted by atomic mass is 10.2. The van der Waals surface area contributed by atoms with Gasteiger partial charge in [-0.3, -0.25) is 9.69 Å². The zero-order chi connectivity index (χ0) is 13.8. The van der Waals surface area contributed by atoms with Crippen molar-refractivity contribution in [2.24, 2.45) is 0 Å². The van der Waals surface area contributed by atoms with Crippen molar-refractivity contribution in [1.82, 2.24) is 10.2 Å². The molecule has 0 saturated carbocycles. The minimum absolute atomic E-state index is 0.0131. The van der Waals surface area contributed by atoms with Crippen LogP contribution in [-0.4, -0.2) is 43.0 Å². The topological polar surface area (TPSA) is 44.4 Å². The van der Waals surface area contributed by atoms with E-state index in [9.17, 15) is 4.79 Å². The van der Waals surface area contributed by atoms with Gasteiger partial charge in [0.1, 0.15) is 0 Å². The van der Waals surface area contributed by atoms with Crippen LogP contribution in [-0.2, 0) is 4.79 Å². The molecule has 1 amide bonds. The van der Waals surface area contributed by atoms with Crippen molar-refractivity contribution >= 4 is 23.2 Å². The third-order valence-corrected chi connectivity index (χ3v) is 3.69. The van der Waals surface area contributed by atoms with Crippen LogP contribution in [0.15, 0.2) is 18.2 Å². The van der Waals surface area contributed by atoms with Crippen molar-refractivity contribution in [3.05, 3.63) is 28.8 Å². The van der Waals surface area contributed by atoms with Crippen molar-refractivity contribution in [2.75, 3.05) is 31.5 Å². The van der Waals surface area contributed by atoms with Gasteiger partial charge in [-0.1, -0.05) is 17.7 Å². The number of nitrogens with zero attached hydrogens (tertiary/aromatic N) is 1. The predicted molar refractivity (Wildman–Crippen MR) is 78.7 cm³/mol. The highest BCUT2D eigenvalue weighted by Crippen LogP contribution is 2.20. The van der Waals surface area contributed by atoms with E-state index in [1.807, 2.05) is 19.1 Å². The molecule has 1 aliphatic heterocycles. The molecule has 19 heavy (non-hydrogen) atoms. The summed E-state index contributed by atoms with van der Waals surface area (Å²) in [5, 5.41) is 6.88. The van der Waals surface area contributed by atoms with Gasteiger partial charge in [-0.15, -0.1) is 0 Å². The lowest BCUT2D eigenvalue weighted by molar-refractivity contribution is -0.118. The maximum atomic E-state index is 12.1. The summed E-state index contributed by atoms with van der Waals surface area (Å²) in [6, 6.07) is 5.91. The van der Waals surface area contributed by atoms with Crippen molar-refractivity contribution in [3.8, 4) is 0 Å². The summed E-state index contributed by atoms with van der Waals surface area (Å²) in [7, 11) is 0. The molecule has 0 radical (unpaired) electrons. The van der Waals surface area contributed by atoms with Gasteiger partial charge in [0.2, 0.25) is 5.91 Å². The molecule has 0 aromatic heterocycles. The molecular formula is C14H20ClN3O. The van der Waals surface area contributed by atoms with Crippen LogP contribution in [0.2, 0.25) is 5.02 Å². The second kappa shape index (κ2) is 6.37. The lowest BCUT2D eigenvalue weighted by Gasteiger charge is -2.33. The lowest BCUT2D eigenvalue weighted by Crippen LogP contribution is -2.52. The third kappa shape index (κ3) is 3.93. The molecule has 2 rings (SSSR count). The fourth-order valence-electron chi connectivity index (χ4n) is 2.22. The molecule has 1 atom stereocenters. The number of piperazine rings is 1. The van der Waals surface area contributed by atoms with E-state index in [1.54, 1.807) is 6.07 Å². The molecule has 1 fully saturated rings. The third-order valence-electron chi connectivity index (χ3n) is 3.46. The van der Waals surface area contributed by atoms with Crippen molar-refractivity contribution in [1.29, 1.82) is 0 Å². The van der Waals surface area contributed by atoms with Crippen LogP contribution in [0, 0.1) is 6.92 Å². The van der Waals surface area contributed by atoms with Gasteiger partial charge in [0.15, 0.2) is 0 Å². The van der Waals surface area contributed by atoms with Gasteiger partial charge in [0.05, 0.1) is 6.54 Å². The Kier molecular flexibility index (Phi) is 4.80. The number of carbonyl (C=O) groups excluding carboxylic acids is 1. The van der Waals surface area contributed by atoms with Gasteiger partial charge in [-0.25, -0.2) is 0 Å². The molecule has 4 nitrogen and oxygen atoms in total. The first-order chi connectivity index (χ1) is 9.06. The number of halogens is 1. The standard InChI is InChI=1S/C14H20ClN3O/c1-10-3-4-12(15)7-13(10)17-14(19)9-18-6-5-16-8-11(18)2/h3-4,7,11,16H,5-6,8-9H2,1-2H3,(H,17,19)/t11-/m0/s1. The maximum absolute atomic E-state index is 12.1. The second-order valence-corrected chi connectivity index (χ2v) is 5.47. The fraction of sp³-hybridized carbons (Fsp3) is 0.500. The quantitative estimate of drug-likeness (QED) is 0.889. The first-order valence-corrected chi connectivity index (χ1v) is 6.95. The van der Waals surface area contributed by atoms with Gasteiger partial charge in [-0.2, -0.15) is 0 Å². The van der Waals surface area contributed by atoms with E-state index in [4.69, 9.17) is 11.6 Å². The molecular weight excluding hydrogens is 262 g/mol. The van der Waals surface area contributed by atoms with Gasteiger partial charge >= 0.3 is 0 Å². The van der Waals surface area contributed by atoms with Crippen molar-refractivity contribution in [3.63, 3.8) is 0 Å². The molecule has 1 aromatic rings. The van der Waals surface area contributed by atoms with Crippen LogP contribution in [0.5, 0.6) is 0 Å². The van der Waals surface area contributed by atoms with Crippen LogP contribution in [0.25, 0.3) is 0 Å². The molecule has 2 N–H and O–H groups in total. The summed E-state index contributed by atoms with van der Waals surface area (Å²) >= 11 is 5.95. The number of anilines is 1. The molecule has 1 saturated heterocycles. The Morgan fingerprint density at radius 2 is 2.37 bits per heavy atom. The molecule has 0 spiro atoms. The summed E-state index contributed by atoms with van der Waals surface area (Å²) in [6.45, 7) is 7.29. The zero-order valence-electron chi connectivity index (χ0n) is 11.4. The van der Waals surface area contributed by atoms with Gasteiger partial charge in [0, 0.05) is 36.4 Å². The normalized spacial score (nSPS) is 20.3. The number of aryl methyl sites for hydroxylation is 1. The molecule has 5 heteroatoms. The number of carbonyl (C=O) groups is 1. The number of nitrogens with one attached hydrogen (secondary N) is 2. The Hall–Kier alpha value is -1.10. The molecule has 104 valence electrons. The molecule has 1 aliphatic rings. The van der Waals surface area contributed by atoms with Crippen LogP contribution in [0.4, 0.5) is 5.69 Å².